The van der Waals surface area contributed by atoms with E-state index in [4.69, 9.17) is 9.47 Å². The maximum absolute atomic E-state index is 12.5. The SMILES string of the molecule is COc1ccc(-c2csc(NC(=O)c3ccc(C)cc3C)n2)cc1OC. The van der Waals surface area contributed by atoms with Gasteiger partial charge in [0.25, 0.3) is 5.91 Å². The zero-order valence-corrected chi connectivity index (χ0v) is 15.9. The third-order valence-electron chi connectivity index (χ3n) is 4.03. The van der Waals surface area contributed by atoms with Crippen molar-refractivity contribution in [3.8, 4) is 22.8 Å². The fraction of sp³-hybridized carbons (Fsp3) is 0.200. The molecule has 6 heteroatoms. The lowest BCUT2D eigenvalue weighted by Crippen LogP contribution is -2.13. The Morgan fingerprint density at radius 1 is 1.04 bits per heavy atom. The van der Waals surface area contributed by atoms with Crippen molar-refractivity contribution in [1.82, 2.24) is 4.98 Å². The van der Waals surface area contributed by atoms with Crippen LogP contribution >= 0.6 is 11.3 Å². The smallest absolute Gasteiger partial charge is 0.257 e. The molecule has 0 saturated heterocycles. The summed E-state index contributed by atoms with van der Waals surface area (Å²) in [4.78, 5) is 17.0. The lowest BCUT2D eigenvalue weighted by Gasteiger charge is -2.08. The van der Waals surface area contributed by atoms with Gasteiger partial charge in [0.2, 0.25) is 0 Å². The molecule has 26 heavy (non-hydrogen) atoms. The minimum absolute atomic E-state index is 0.157. The molecule has 0 aliphatic carbocycles. The van der Waals surface area contributed by atoms with Crippen LogP contribution < -0.4 is 14.8 Å². The number of ether oxygens (including phenoxy) is 2. The molecule has 5 nitrogen and oxygen atoms in total. The number of nitrogens with one attached hydrogen (secondary N) is 1. The highest BCUT2D eigenvalue weighted by molar-refractivity contribution is 7.14. The summed E-state index contributed by atoms with van der Waals surface area (Å²) in [6.45, 7) is 3.93. The van der Waals surface area contributed by atoms with Crippen molar-refractivity contribution in [2.24, 2.45) is 0 Å². The summed E-state index contributed by atoms with van der Waals surface area (Å²) in [7, 11) is 3.19. The first kappa shape index (κ1) is 17.9. The fourth-order valence-electron chi connectivity index (χ4n) is 2.69. The van der Waals surface area contributed by atoms with E-state index < -0.39 is 0 Å². The Balaban J connectivity index is 1.81. The highest BCUT2D eigenvalue weighted by Gasteiger charge is 2.13. The van der Waals surface area contributed by atoms with Gasteiger partial charge in [-0.2, -0.15) is 0 Å². The molecule has 0 saturated carbocycles. The summed E-state index contributed by atoms with van der Waals surface area (Å²) in [5.74, 6) is 1.14. The first-order valence-corrected chi connectivity index (χ1v) is 8.96. The van der Waals surface area contributed by atoms with E-state index >= 15 is 0 Å². The molecule has 0 aliphatic rings. The number of thiazole rings is 1. The van der Waals surface area contributed by atoms with E-state index in [2.05, 4.69) is 10.3 Å². The number of methoxy groups -OCH3 is 2. The Labute approximate surface area is 156 Å². The monoisotopic (exact) mass is 368 g/mol. The van der Waals surface area contributed by atoms with Crippen LogP contribution in [0, 0.1) is 13.8 Å². The van der Waals surface area contributed by atoms with Crippen LogP contribution in [-0.4, -0.2) is 25.1 Å². The molecule has 3 rings (SSSR count). The number of rotatable bonds is 5. The number of carbonyl (C=O) groups is 1. The van der Waals surface area contributed by atoms with Crippen molar-refractivity contribution in [1.29, 1.82) is 0 Å². The van der Waals surface area contributed by atoms with Crippen molar-refractivity contribution in [2.75, 3.05) is 19.5 Å². The molecular weight excluding hydrogens is 348 g/mol. The van der Waals surface area contributed by atoms with Crippen molar-refractivity contribution in [2.45, 2.75) is 13.8 Å². The van der Waals surface area contributed by atoms with Crippen LogP contribution in [-0.2, 0) is 0 Å². The quantitative estimate of drug-likeness (QED) is 0.709. The molecule has 1 heterocycles. The van der Waals surface area contributed by atoms with Gasteiger partial charge in [-0.05, 0) is 43.7 Å². The first-order valence-electron chi connectivity index (χ1n) is 8.08. The molecule has 2 aromatic carbocycles. The van der Waals surface area contributed by atoms with Gasteiger partial charge in [-0.1, -0.05) is 17.7 Å². The Morgan fingerprint density at radius 2 is 1.81 bits per heavy atom. The van der Waals surface area contributed by atoms with Crippen LogP contribution in [0.3, 0.4) is 0 Å². The maximum atomic E-state index is 12.5. The van der Waals surface area contributed by atoms with E-state index in [1.807, 2.05) is 55.6 Å². The van der Waals surface area contributed by atoms with Gasteiger partial charge >= 0.3 is 0 Å². The lowest BCUT2D eigenvalue weighted by atomic mass is 10.1. The number of benzene rings is 2. The topological polar surface area (TPSA) is 60.5 Å². The normalized spacial score (nSPS) is 10.5. The second-order valence-corrected chi connectivity index (χ2v) is 6.74. The molecule has 134 valence electrons. The van der Waals surface area contributed by atoms with Crippen LogP contribution in [0.2, 0.25) is 0 Å². The van der Waals surface area contributed by atoms with Crippen LogP contribution in [0.15, 0.2) is 41.8 Å². The van der Waals surface area contributed by atoms with Gasteiger partial charge in [0.15, 0.2) is 16.6 Å². The van der Waals surface area contributed by atoms with Crippen molar-refractivity contribution in [3.63, 3.8) is 0 Å². The van der Waals surface area contributed by atoms with E-state index in [0.717, 1.165) is 22.4 Å². The van der Waals surface area contributed by atoms with Crippen molar-refractivity contribution in [3.05, 3.63) is 58.5 Å². The van der Waals surface area contributed by atoms with Crippen molar-refractivity contribution >= 4 is 22.4 Å². The maximum Gasteiger partial charge on any atom is 0.257 e. The number of carbonyl (C=O) groups excluding carboxylic acids is 1. The van der Waals surface area contributed by atoms with E-state index in [1.165, 1.54) is 11.3 Å². The van der Waals surface area contributed by atoms with E-state index in [-0.39, 0.29) is 5.91 Å². The number of aryl methyl sites for hydroxylation is 2. The molecule has 1 amide bonds. The van der Waals surface area contributed by atoms with Gasteiger partial charge in [0, 0.05) is 16.5 Å². The zero-order valence-electron chi connectivity index (χ0n) is 15.1. The largest absolute Gasteiger partial charge is 0.493 e. The highest BCUT2D eigenvalue weighted by atomic mass is 32.1. The Kier molecular flexibility index (Phi) is 5.23. The zero-order chi connectivity index (χ0) is 18.7. The number of anilines is 1. The molecular formula is C20H20N2O3S. The Hall–Kier alpha value is -2.86. The summed E-state index contributed by atoms with van der Waals surface area (Å²) in [6.07, 6.45) is 0. The lowest BCUT2D eigenvalue weighted by molar-refractivity contribution is 0.102. The summed E-state index contributed by atoms with van der Waals surface area (Å²) in [5, 5.41) is 5.33. The third-order valence-corrected chi connectivity index (χ3v) is 4.79. The van der Waals surface area contributed by atoms with Crippen molar-refractivity contribution < 1.29 is 14.3 Å². The number of aromatic nitrogens is 1. The molecule has 0 bridgehead atoms. The molecule has 1 N–H and O–H groups in total. The van der Waals surface area contributed by atoms with Crippen LogP contribution in [0.1, 0.15) is 21.5 Å². The second kappa shape index (κ2) is 7.58. The van der Waals surface area contributed by atoms with Gasteiger partial charge in [-0.15, -0.1) is 11.3 Å². The summed E-state index contributed by atoms with van der Waals surface area (Å²) in [6, 6.07) is 11.4. The van der Waals surface area contributed by atoms with E-state index in [0.29, 0.717) is 22.2 Å². The standard InChI is InChI=1S/C20H20N2O3S/c1-12-5-7-15(13(2)9-12)19(23)22-20-21-16(11-26-20)14-6-8-17(24-3)18(10-14)25-4/h5-11H,1-4H3,(H,21,22,23). The molecule has 0 aliphatic heterocycles. The molecule has 0 fully saturated rings. The average molecular weight is 368 g/mol. The third kappa shape index (κ3) is 3.70. The van der Waals surface area contributed by atoms with Gasteiger partial charge in [0.1, 0.15) is 0 Å². The van der Waals surface area contributed by atoms with Crippen LogP contribution in [0.25, 0.3) is 11.3 Å². The van der Waals surface area contributed by atoms with Gasteiger partial charge in [0.05, 0.1) is 19.9 Å². The van der Waals surface area contributed by atoms with Crippen LogP contribution in [0.4, 0.5) is 5.13 Å². The highest BCUT2D eigenvalue weighted by Crippen LogP contribution is 2.33. The van der Waals surface area contributed by atoms with Gasteiger partial charge in [-0.3, -0.25) is 10.1 Å². The molecule has 1 aromatic heterocycles. The van der Waals surface area contributed by atoms with Gasteiger partial charge < -0.3 is 9.47 Å². The minimum atomic E-state index is -0.157. The molecule has 0 atom stereocenters. The summed E-state index contributed by atoms with van der Waals surface area (Å²) < 4.78 is 10.6. The number of hydrogen-bond donors (Lipinski definition) is 1. The van der Waals surface area contributed by atoms with Crippen LogP contribution in [0.5, 0.6) is 11.5 Å². The average Bonchev–Trinajstić information content (AvgIpc) is 3.09. The molecule has 3 aromatic rings. The summed E-state index contributed by atoms with van der Waals surface area (Å²) in [5.41, 5.74) is 4.39. The molecule has 0 radical (unpaired) electrons. The second-order valence-electron chi connectivity index (χ2n) is 5.88. The minimum Gasteiger partial charge on any atom is -0.493 e. The summed E-state index contributed by atoms with van der Waals surface area (Å²) >= 11 is 1.38. The predicted octanol–water partition coefficient (Wildman–Crippen LogP) is 4.70. The number of amides is 1. The Bertz CT molecular complexity index is 950. The molecule has 0 unspecified atom stereocenters. The van der Waals surface area contributed by atoms with Gasteiger partial charge in [-0.25, -0.2) is 4.98 Å². The predicted molar refractivity (Wildman–Crippen MR) is 105 cm³/mol. The van der Waals surface area contributed by atoms with E-state index in [1.54, 1.807) is 14.2 Å². The molecule has 0 spiro atoms. The first-order chi connectivity index (χ1) is 12.5. The number of nitrogens with zero attached hydrogens (tertiary/aromatic N) is 1. The fourth-order valence-corrected chi connectivity index (χ4v) is 3.41. The number of hydrogen-bond acceptors (Lipinski definition) is 5. The Morgan fingerprint density at radius 3 is 2.50 bits per heavy atom. The van der Waals surface area contributed by atoms with E-state index in [9.17, 15) is 4.79 Å².